The van der Waals surface area contributed by atoms with Crippen LogP contribution in [0.5, 0.6) is 0 Å². The molecule has 0 aromatic heterocycles. The summed E-state index contributed by atoms with van der Waals surface area (Å²) in [6.45, 7) is -0.133. The number of rotatable bonds is 5. The quantitative estimate of drug-likeness (QED) is 0.656. The highest BCUT2D eigenvalue weighted by Crippen LogP contribution is 2.34. The fraction of sp³-hybridized carbons (Fsp3) is 0.455. The minimum atomic E-state index is -4.43. The van der Waals surface area contributed by atoms with E-state index in [0.29, 0.717) is 17.3 Å². The Labute approximate surface area is 102 Å². The minimum absolute atomic E-state index is 0.103. The molecule has 1 N–H and O–H groups in total. The van der Waals surface area contributed by atoms with E-state index < -0.39 is 18.3 Å². The summed E-state index contributed by atoms with van der Waals surface area (Å²) in [6, 6.07) is 3.94. The predicted molar refractivity (Wildman–Crippen MR) is 60.0 cm³/mol. The van der Waals surface area contributed by atoms with Crippen molar-refractivity contribution in [3.05, 3.63) is 29.3 Å². The zero-order valence-corrected chi connectivity index (χ0v) is 10.1. The van der Waals surface area contributed by atoms with Crippen LogP contribution in [0.25, 0.3) is 0 Å². The molecule has 0 heterocycles. The molecule has 2 nitrogen and oxygen atoms in total. The molecule has 0 amide bonds. The summed E-state index contributed by atoms with van der Waals surface area (Å²) in [6.07, 6.45) is -4.43. The highest BCUT2D eigenvalue weighted by molar-refractivity contribution is 7.99. The number of ether oxygens (including phenoxy) is 1. The van der Waals surface area contributed by atoms with Gasteiger partial charge in [-0.2, -0.15) is 13.2 Å². The molecule has 0 aliphatic rings. The van der Waals surface area contributed by atoms with Crippen LogP contribution in [0, 0.1) is 0 Å². The van der Waals surface area contributed by atoms with Gasteiger partial charge in [0.2, 0.25) is 0 Å². The Morgan fingerprint density at radius 3 is 2.59 bits per heavy atom. The number of thioether (sulfide) groups is 1. The van der Waals surface area contributed by atoms with Crippen LogP contribution in [0.2, 0.25) is 0 Å². The molecule has 1 aromatic rings. The van der Waals surface area contributed by atoms with Crippen molar-refractivity contribution in [2.45, 2.75) is 17.7 Å². The molecular weight excluding hydrogens is 253 g/mol. The molecule has 1 rings (SSSR count). The van der Waals surface area contributed by atoms with E-state index in [9.17, 15) is 13.2 Å². The second-order valence-electron chi connectivity index (χ2n) is 3.32. The fourth-order valence-electron chi connectivity index (χ4n) is 1.29. The van der Waals surface area contributed by atoms with Crippen LogP contribution in [0.1, 0.15) is 11.1 Å². The van der Waals surface area contributed by atoms with Gasteiger partial charge in [-0.15, -0.1) is 11.8 Å². The highest BCUT2D eigenvalue weighted by atomic mass is 32.2. The normalized spacial score (nSPS) is 11.8. The van der Waals surface area contributed by atoms with E-state index in [1.165, 1.54) is 24.9 Å². The zero-order chi connectivity index (χ0) is 12.9. The summed E-state index contributed by atoms with van der Waals surface area (Å²) in [5.41, 5.74) is -0.879. The molecular formula is C11H13F3O2S. The molecule has 0 saturated heterocycles. The van der Waals surface area contributed by atoms with Crippen LogP contribution < -0.4 is 0 Å². The van der Waals surface area contributed by atoms with Gasteiger partial charge < -0.3 is 9.84 Å². The fourth-order valence-corrected chi connectivity index (χ4v) is 2.14. The van der Waals surface area contributed by atoms with E-state index in [1.807, 2.05) is 0 Å². The summed E-state index contributed by atoms with van der Waals surface area (Å²) in [5, 5.41) is 8.86. The lowest BCUT2D eigenvalue weighted by Crippen LogP contribution is -2.09. The average molecular weight is 266 g/mol. The first-order chi connectivity index (χ1) is 7.99. The molecule has 96 valence electrons. The topological polar surface area (TPSA) is 29.5 Å². The number of halogens is 3. The summed E-state index contributed by atoms with van der Waals surface area (Å²) >= 11 is 1.29. The maximum absolute atomic E-state index is 12.7. The third kappa shape index (κ3) is 4.22. The van der Waals surface area contributed by atoms with Gasteiger partial charge in [0.1, 0.15) is 0 Å². The Balaban J connectivity index is 2.89. The average Bonchev–Trinajstić information content (AvgIpc) is 2.28. The number of hydrogen-bond donors (Lipinski definition) is 1. The van der Waals surface area contributed by atoms with Crippen molar-refractivity contribution in [2.75, 3.05) is 19.5 Å². The van der Waals surface area contributed by atoms with E-state index in [4.69, 9.17) is 9.84 Å². The Bertz CT molecular complexity index is 366. The van der Waals surface area contributed by atoms with E-state index in [2.05, 4.69) is 0 Å². The lowest BCUT2D eigenvalue weighted by Gasteiger charge is -2.12. The van der Waals surface area contributed by atoms with Crippen molar-refractivity contribution >= 4 is 11.8 Å². The van der Waals surface area contributed by atoms with Gasteiger partial charge in [-0.25, -0.2) is 0 Å². The molecule has 0 fully saturated rings. The van der Waals surface area contributed by atoms with Gasteiger partial charge in [-0.05, 0) is 17.7 Å². The third-order valence-corrected chi connectivity index (χ3v) is 3.07. The zero-order valence-electron chi connectivity index (χ0n) is 9.25. The minimum Gasteiger partial charge on any atom is -0.392 e. The van der Waals surface area contributed by atoms with Crippen LogP contribution in [0.3, 0.4) is 0 Å². The standard InChI is InChI=1S/C11H13F3O2S/c1-16-4-5-17-9-3-2-8(7-15)10(6-9)11(12,13)14/h2-3,6,15H,4-5,7H2,1H3. The van der Waals surface area contributed by atoms with Crippen LogP contribution >= 0.6 is 11.8 Å². The largest absolute Gasteiger partial charge is 0.416 e. The summed E-state index contributed by atoms with van der Waals surface area (Å²) in [7, 11) is 1.54. The molecule has 0 bridgehead atoms. The summed E-state index contributed by atoms with van der Waals surface area (Å²) < 4.78 is 42.8. The Morgan fingerprint density at radius 1 is 1.35 bits per heavy atom. The third-order valence-electron chi connectivity index (χ3n) is 2.11. The van der Waals surface area contributed by atoms with Gasteiger partial charge in [-0.3, -0.25) is 0 Å². The lowest BCUT2D eigenvalue weighted by molar-refractivity contribution is -0.138. The van der Waals surface area contributed by atoms with Gasteiger partial charge >= 0.3 is 6.18 Å². The molecule has 0 unspecified atom stereocenters. The van der Waals surface area contributed by atoms with Gasteiger partial charge in [-0.1, -0.05) is 6.07 Å². The Kier molecular flexibility index (Phi) is 5.30. The number of benzene rings is 1. The second kappa shape index (κ2) is 6.28. The van der Waals surface area contributed by atoms with Crippen molar-refractivity contribution in [3.8, 4) is 0 Å². The first-order valence-corrected chi connectivity index (χ1v) is 5.90. The maximum Gasteiger partial charge on any atom is 0.416 e. The monoisotopic (exact) mass is 266 g/mol. The second-order valence-corrected chi connectivity index (χ2v) is 4.48. The van der Waals surface area contributed by atoms with Crippen molar-refractivity contribution < 1.29 is 23.0 Å². The number of alkyl halides is 3. The summed E-state index contributed by atoms with van der Waals surface area (Å²) in [5.74, 6) is 0.590. The molecule has 0 spiro atoms. The smallest absolute Gasteiger partial charge is 0.392 e. The summed E-state index contributed by atoms with van der Waals surface area (Å²) in [4.78, 5) is 0.520. The number of methoxy groups -OCH3 is 1. The highest BCUT2D eigenvalue weighted by Gasteiger charge is 2.33. The Hall–Kier alpha value is -0.720. The molecule has 0 aliphatic heterocycles. The van der Waals surface area contributed by atoms with Crippen molar-refractivity contribution in [3.63, 3.8) is 0 Å². The van der Waals surface area contributed by atoms with Gasteiger partial charge in [0.05, 0.1) is 18.8 Å². The SMILES string of the molecule is COCCSc1ccc(CO)c(C(F)(F)F)c1. The van der Waals surface area contributed by atoms with Gasteiger partial charge in [0.15, 0.2) is 0 Å². The molecule has 0 aliphatic carbocycles. The first kappa shape index (κ1) is 14.3. The van der Waals surface area contributed by atoms with Gasteiger partial charge in [0.25, 0.3) is 0 Å². The van der Waals surface area contributed by atoms with Crippen LogP contribution in [-0.2, 0) is 17.5 Å². The number of aliphatic hydroxyl groups excluding tert-OH is 1. The molecule has 6 heteroatoms. The van der Waals surface area contributed by atoms with E-state index in [0.717, 1.165) is 6.07 Å². The molecule has 17 heavy (non-hydrogen) atoms. The van der Waals surface area contributed by atoms with E-state index in [1.54, 1.807) is 6.07 Å². The molecule has 0 radical (unpaired) electrons. The Morgan fingerprint density at radius 2 is 2.06 bits per heavy atom. The van der Waals surface area contributed by atoms with Crippen molar-refractivity contribution in [1.29, 1.82) is 0 Å². The van der Waals surface area contributed by atoms with Crippen LogP contribution in [0.15, 0.2) is 23.1 Å². The first-order valence-electron chi connectivity index (χ1n) is 4.91. The van der Waals surface area contributed by atoms with E-state index in [-0.39, 0.29) is 5.56 Å². The number of hydrogen-bond acceptors (Lipinski definition) is 3. The van der Waals surface area contributed by atoms with Crippen molar-refractivity contribution in [1.82, 2.24) is 0 Å². The van der Waals surface area contributed by atoms with E-state index >= 15 is 0 Å². The molecule has 0 saturated carbocycles. The number of aliphatic hydroxyl groups is 1. The molecule has 0 atom stereocenters. The van der Waals surface area contributed by atoms with Gasteiger partial charge in [0, 0.05) is 17.8 Å². The predicted octanol–water partition coefficient (Wildman–Crippen LogP) is 2.94. The molecule has 1 aromatic carbocycles. The maximum atomic E-state index is 12.7. The van der Waals surface area contributed by atoms with Crippen molar-refractivity contribution in [2.24, 2.45) is 0 Å². The van der Waals surface area contributed by atoms with Crippen LogP contribution in [-0.4, -0.2) is 24.6 Å². The van der Waals surface area contributed by atoms with Crippen LogP contribution in [0.4, 0.5) is 13.2 Å². The lowest BCUT2D eigenvalue weighted by atomic mass is 10.1.